The third-order valence-corrected chi connectivity index (χ3v) is 6.33. The number of nitrogens with zero attached hydrogens (tertiary/aromatic N) is 2. The molecule has 156 valence electrons. The number of carbonyl (C=O) groups is 1. The van der Waals surface area contributed by atoms with Crippen LogP contribution >= 0.6 is 0 Å². The molecule has 1 amide bonds. The van der Waals surface area contributed by atoms with E-state index in [1.807, 2.05) is 24.3 Å². The van der Waals surface area contributed by atoms with Crippen molar-refractivity contribution in [1.29, 1.82) is 0 Å². The summed E-state index contributed by atoms with van der Waals surface area (Å²) in [6.07, 6.45) is 8.91. The molecule has 5 rings (SSSR count). The molecule has 2 aliphatic rings. The van der Waals surface area contributed by atoms with Crippen LogP contribution in [0, 0.1) is 5.92 Å². The maximum atomic E-state index is 12.2. The number of aromatic nitrogens is 3. The Hall–Kier alpha value is -3.09. The van der Waals surface area contributed by atoms with E-state index in [-0.39, 0.29) is 17.9 Å². The van der Waals surface area contributed by atoms with E-state index in [0.717, 1.165) is 65.2 Å². The number of amides is 1. The van der Waals surface area contributed by atoms with E-state index in [1.54, 1.807) is 13.4 Å². The first-order valence-electron chi connectivity index (χ1n) is 10.8. The Labute approximate surface area is 175 Å². The van der Waals surface area contributed by atoms with Gasteiger partial charge in [0.1, 0.15) is 23.5 Å². The lowest BCUT2D eigenvalue weighted by molar-refractivity contribution is -0.124. The number of aryl methyl sites for hydroxylation is 1. The van der Waals surface area contributed by atoms with Crippen LogP contribution in [0.3, 0.4) is 0 Å². The largest absolute Gasteiger partial charge is 0.488 e. The molecule has 7 heteroatoms. The van der Waals surface area contributed by atoms with E-state index in [0.29, 0.717) is 6.42 Å². The van der Waals surface area contributed by atoms with Crippen LogP contribution in [0.5, 0.6) is 5.75 Å². The second-order valence-electron chi connectivity index (χ2n) is 8.23. The van der Waals surface area contributed by atoms with E-state index in [4.69, 9.17) is 4.74 Å². The molecule has 0 saturated heterocycles. The molecular weight excluding hydrogens is 378 g/mol. The quantitative estimate of drug-likeness (QED) is 0.599. The number of ether oxygens (including phenoxy) is 1. The number of hydrogen-bond acceptors (Lipinski definition) is 5. The van der Waals surface area contributed by atoms with E-state index in [9.17, 15) is 4.79 Å². The highest BCUT2D eigenvalue weighted by molar-refractivity contribution is 5.94. The molecule has 1 aromatic carbocycles. The Morgan fingerprint density at radius 3 is 2.83 bits per heavy atom. The van der Waals surface area contributed by atoms with Crippen LogP contribution in [-0.2, 0) is 17.6 Å². The Morgan fingerprint density at radius 2 is 2.00 bits per heavy atom. The number of benzene rings is 1. The van der Waals surface area contributed by atoms with Crippen LogP contribution in [-0.4, -0.2) is 34.0 Å². The predicted octanol–water partition coefficient (Wildman–Crippen LogP) is 3.87. The number of aromatic amines is 1. The lowest BCUT2D eigenvalue weighted by Gasteiger charge is -2.21. The van der Waals surface area contributed by atoms with Gasteiger partial charge in [-0.1, -0.05) is 12.1 Å². The number of para-hydroxylation sites is 2. The van der Waals surface area contributed by atoms with Gasteiger partial charge in [0.15, 0.2) is 0 Å². The van der Waals surface area contributed by atoms with E-state index in [2.05, 4.69) is 25.6 Å². The highest BCUT2D eigenvalue weighted by Crippen LogP contribution is 2.37. The minimum Gasteiger partial charge on any atom is -0.488 e. The third-order valence-electron chi connectivity index (χ3n) is 6.33. The monoisotopic (exact) mass is 405 g/mol. The molecule has 2 heterocycles. The standard InChI is InChI=1S/C23H27N5O2/c1-24-23(29)14-10-11-17-16(12-14)20-21(27-17)25-13-26-22(20)28-18-8-4-5-9-19(18)30-15-6-2-3-7-15/h4-5,8-9,13-15H,2-3,6-7,10-12H2,1H3,(H,24,29)(H2,25,26,27,28). The van der Waals surface area contributed by atoms with Crippen LogP contribution in [0.15, 0.2) is 30.6 Å². The Balaban J connectivity index is 1.49. The summed E-state index contributed by atoms with van der Waals surface area (Å²) < 4.78 is 6.28. The number of fused-ring (bicyclic) bond motifs is 3. The van der Waals surface area contributed by atoms with Crippen LogP contribution in [0.1, 0.15) is 43.4 Å². The number of hydrogen-bond donors (Lipinski definition) is 3. The number of anilines is 2. The summed E-state index contributed by atoms with van der Waals surface area (Å²) in [6, 6.07) is 8.02. The van der Waals surface area contributed by atoms with Gasteiger partial charge in [-0.3, -0.25) is 4.79 Å². The number of rotatable bonds is 5. The fourth-order valence-electron chi connectivity index (χ4n) is 4.75. The van der Waals surface area contributed by atoms with E-state index in [1.165, 1.54) is 12.8 Å². The van der Waals surface area contributed by atoms with E-state index < -0.39 is 0 Å². The van der Waals surface area contributed by atoms with Crippen LogP contribution in [0.2, 0.25) is 0 Å². The van der Waals surface area contributed by atoms with Crippen molar-refractivity contribution in [2.24, 2.45) is 5.92 Å². The van der Waals surface area contributed by atoms with Crippen molar-refractivity contribution in [3.05, 3.63) is 41.9 Å². The number of carbonyl (C=O) groups excluding carboxylic acids is 1. The minimum atomic E-state index is -0.0208. The maximum Gasteiger partial charge on any atom is 0.223 e. The van der Waals surface area contributed by atoms with Gasteiger partial charge in [-0.25, -0.2) is 9.97 Å². The maximum absolute atomic E-state index is 12.2. The van der Waals surface area contributed by atoms with Crippen molar-refractivity contribution < 1.29 is 9.53 Å². The molecular formula is C23H27N5O2. The molecule has 1 unspecified atom stereocenters. The second-order valence-corrected chi connectivity index (χ2v) is 8.23. The van der Waals surface area contributed by atoms with Crippen molar-refractivity contribution in [1.82, 2.24) is 20.3 Å². The average molecular weight is 406 g/mol. The second kappa shape index (κ2) is 7.97. The Kier molecular flexibility index (Phi) is 5.02. The first kappa shape index (κ1) is 18.9. The fourth-order valence-corrected chi connectivity index (χ4v) is 4.75. The lowest BCUT2D eigenvalue weighted by Crippen LogP contribution is -2.31. The van der Waals surface area contributed by atoms with Crippen LogP contribution in [0.4, 0.5) is 11.5 Å². The molecule has 1 atom stereocenters. The summed E-state index contributed by atoms with van der Waals surface area (Å²) in [4.78, 5) is 24.7. The van der Waals surface area contributed by atoms with Gasteiger partial charge in [0.05, 0.1) is 17.2 Å². The normalized spacial score (nSPS) is 18.9. The average Bonchev–Trinajstić information content (AvgIpc) is 3.42. The van der Waals surface area contributed by atoms with Gasteiger partial charge in [0.2, 0.25) is 5.91 Å². The van der Waals surface area contributed by atoms with Crippen molar-refractivity contribution in [3.8, 4) is 5.75 Å². The van der Waals surface area contributed by atoms with Gasteiger partial charge in [0, 0.05) is 18.7 Å². The van der Waals surface area contributed by atoms with Gasteiger partial charge in [-0.2, -0.15) is 0 Å². The van der Waals surface area contributed by atoms with Crippen molar-refractivity contribution in [3.63, 3.8) is 0 Å². The van der Waals surface area contributed by atoms with Gasteiger partial charge in [-0.05, 0) is 62.6 Å². The molecule has 0 bridgehead atoms. The molecule has 1 saturated carbocycles. The molecule has 0 aliphatic heterocycles. The minimum absolute atomic E-state index is 0.0208. The first-order valence-corrected chi connectivity index (χ1v) is 10.8. The number of nitrogens with one attached hydrogen (secondary N) is 3. The highest BCUT2D eigenvalue weighted by atomic mass is 16.5. The first-order chi connectivity index (χ1) is 14.7. The summed E-state index contributed by atoms with van der Waals surface area (Å²) in [5, 5.41) is 7.25. The zero-order chi connectivity index (χ0) is 20.5. The topological polar surface area (TPSA) is 91.9 Å². The molecule has 2 aliphatic carbocycles. The smallest absolute Gasteiger partial charge is 0.223 e. The van der Waals surface area contributed by atoms with E-state index >= 15 is 0 Å². The SMILES string of the molecule is CNC(=O)C1CCc2[nH]c3ncnc(Nc4ccccc4OC4CCCC4)c3c2C1. The van der Waals surface area contributed by atoms with Gasteiger partial charge >= 0.3 is 0 Å². The fraction of sp³-hybridized carbons (Fsp3) is 0.435. The molecule has 7 nitrogen and oxygen atoms in total. The van der Waals surface area contributed by atoms with Crippen molar-refractivity contribution in [2.75, 3.05) is 12.4 Å². The predicted molar refractivity (Wildman–Crippen MR) is 116 cm³/mol. The summed E-state index contributed by atoms with van der Waals surface area (Å²) in [7, 11) is 1.70. The molecule has 2 aromatic heterocycles. The molecule has 3 aromatic rings. The van der Waals surface area contributed by atoms with Crippen molar-refractivity contribution in [2.45, 2.75) is 51.0 Å². The van der Waals surface area contributed by atoms with Gasteiger partial charge in [0.25, 0.3) is 0 Å². The Bertz CT molecular complexity index is 1070. The van der Waals surface area contributed by atoms with Crippen LogP contribution < -0.4 is 15.4 Å². The lowest BCUT2D eigenvalue weighted by atomic mass is 9.86. The summed E-state index contributed by atoms with van der Waals surface area (Å²) in [6.45, 7) is 0. The zero-order valence-electron chi connectivity index (χ0n) is 17.2. The third kappa shape index (κ3) is 3.49. The summed E-state index contributed by atoms with van der Waals surface area (Å²) in [5.41, 5.74) is 4.01. The van der Waals surface area contributed by atoms with Gasteiger partial charge in [-0.15, -0.1) is 0 Å². The number of H-pyrrole nitrogens is 1. The summed E-state index contributed by atoms with van der Waals surface area (Å²) in [5.74, 6) is 1.67. The molecule has 0 radical (unpaired) electrons. The molecule has 30 heavy (non-hydrogen) atoms. The summed E-state index contributed by atoms with van der Waals surface area (Å²) >= 11 is 0. The Morgan fingerprint density at radius 1 is 1.17 bits per heavy atom. The highest BCUT2D eigenvalue weighted by Gasteiger charge is 2.28. The van der Waals surface area contributed by atoms with Gasteiger partial charge < -0.3 is 20.4 Å². The van der Waals surface area contributed by atoms with Crippen molar-refractivity contribution >= 4 is 28.4 Å². The zero-order valence-corrected chi connectivity index (χ0v) is 17.2. The molecule has 1 fully saturated rings. The molecule has 3 N–H and O–H groups in total. The van der Waals surface area contributed by atoms with Crippen LogP contribution in [0.25, 0.3) is 11.0 Å². The molecule has 0 spiro atoms.